The van der Waals surface area contributed by atoms with Crippen molar-refractivity contribution in [2.45, 2.75) is 38.6 Å². The van der Waals surface area contributed by atoms with Crippen LogP contribution in [0.25, 0.3) is 0 Å². The fourth-order valence-corrected chi connectivity index (χ4v) is 2.92. The highest BCUT2D eigenvalue weighted by molar-refractivity contribution is 7.12. The Morgan fingerprint density at radius 1 is 1.46 bits per heavy atom. The lowest BCUT2D eigenvalue weighted by Gasteiger charge is -2.06. The average Bonchev–Trinajstić information content (AvgIpc) is 2.75. The Kier molecular flexibility index (Phi) is 2.70. The van der Waals surface area contributed by atoms with Crippen molar-refractivity contribution in [3.05, 3.63) is 21.9 Å². The van der Waals surface area contributed by atoms with Gasteiger partial charge in [0.1, 0.15) is 0 Å². The normalized spacial score (nSPS) is 22.8. The topological polar surface area (TPSA) is 12.0 Å². The Labute approximate surface area is 84.2 Å². The Balaban J connectivity index is 2.12. The molecule has 1 fully saturated rings. The van der Waals surface area contributed by atoms with E-state index in [0.717, 1.165) is 0 Å². The molecule has 72 valence electrons. The van der Waals surface area contributed by atoms with E-state index in [1.54, 1.807) is 0 Å². The highest BCUT2D eigenvalue weighted by atomic mass is 32.1. The molecule has 0 aromatic carbocycles. The molecule has 0 saturated carbocycles. The van der Waals surface area contributed by atoms with Gasteiger partial charge in [0.05, 0.1) is 0 Å². The van der Waals surface area contributed by atoms with Gasteiger partial charge < -0.3 is 5.32 Å². The summed E-state index contributed by atoms with van der Waals surface area (Å²) in [5, 5.41) is 3.54. The second kappa shape index (κ2) is 3.81. The van der Waals surface area contributed by atoms with E-state index < -0.39 is 0 Å². The minimum Gasteiger partial charge on any atom is -0.309 e. The second-order valence-corrected chi connectivity index (χ2v) is 5.19. The van der Waals surface area contributed by atoms with Crippen molar-refractivity contribution in [3.63, 3.8) is 0 Å². The van der Waals surface area contributed by atoms with E-state index in [1.165, 1.54) is 29.1 Å². The van der Waals surface area contributed by atoms with Crippen LogP contribution in [-0.4, -0.2) is 6.54 Å². The standard InChI is InChI=1S/C11H17NS/c1-8(2)10-5-6-11(13-10)9-4-3-7-12-9/h5-6,8-9,12H,3-4,7H2,1-2H3. The molecule has 0 amide bonds. The van der Waals surface area contributed by atoms with Crippen LogP contribution in [0.4, 0.5) is 0 Å². The molecular formula is C11H17NS. The molecule has 2 rings (SSSR count). The number of hydrogen-bond acceptors (Lipinski definition) is 2. The number of hydrogen-bond donors (Lipinski definition) is 1. The van der Waals surface area contributed by atoms with Gasteiger partial charge in [0.2, 0.25) is 0 Å². The van der Waals surface area contributed by atoms with Crippen molar-refractivity contribution < 1.29 is 0 Å². The van der Waals surface area contributed by atoms with E-state index in [9.17, 15) is 0 Å². The summed E-state index contributed by atoms with van der Waals surface area (Å²) < 4.78 is 0. The zero-order chi connectivity index (χ0) is 9.26. The molecule has 0 radical (unpaired) electrons. The van der Waals surface area contributed by atoms with Crippen LogP contribution < -0.4 is 5.32 Å². The van der Waals surface area contributed by atoms with Gasteiger partial charge in [0.25, 0.3) is 0 Å². The predicted octanol–water partition coefficient (Wildman–Crippen LogP) is 3.30. The van der Waals surface area contributed by atoms with Gasteiger partial charge in [-0.05, 0) is 37.4 Å². The van der Waals surface area contributed by atoms with E-state index in [1.807, 2.05) is 11.3 Å². The predicted molar refractivity (Wildman–Crippen MR) is 58.4 cm³/mol. The van der Waals surface area contributed by atoms with Gasteiger partial charge in [-0.1, -0.05) is 13.8 Å². The van der Waals surface area contributed by atoms with Crippen LogP contribution in [0.15, 0.2) is 12.1 Å². The van der Waals surface area contributed by atoms with Crippen LogP contribution in [0.5, 0.6) is 0 Å². The summed E-state index contributed by atoms with van der Waals surface area (Å²) >= 11 is 1.98. The maximum absolute atomic E-state index is 3.54. The summed E-state index contributed by atoms with van der Waals surface area (Å²) in [7, 11) is 0. The number of rotatable bonds is 2. The third-order valence-corrected chi connectivity index (χ3v) is 4.12. The SMILES string of the molecule is CC(C)c1ccc(C2CCCN2)s1. The average molecular weight is 195 g/mol. The maximum atomic E-state index is 3.54. The summed E-state index contributed by atoms with van der Waals surface area (Å²) in [5.41, 5.74) is 0. The summed E-state index contributed by atoms with van der Waals surface area (Å²) in [5.74, 6) is 0.681. The largest absolute Gasteiger partial charge is 0.309 e. The maximum Gasteiger partial charge on any atom is 0.0415 e. The van der Waals surface area contributed by atoms with E-state index in [0.29, 0.717) is 12.0 Å². The summed E-state index contributed by atoms with van der Waals surface area (Å²) in [6.07, 6.45) is 2.65. The molecule has 1 aromatic heterocycles. The first-order valence-electron chi connectivity index (χ1n) is 5.10. The van der Waals surface area contributed by atoms with Crippen LogP contribution in [0, 0.1) is 0 Å². The molecule has 1 nitrogen and oxygen atoms in total. The Morgan fingerprint density at radius 3 is 2.85 bits per heavy atom. The van der Waals surface area contributed by atoms with E-state index in [-0.39, 0.29) is 0 Å². The molecule has 1 aliphatic heterocycles. The van der Waals surface area contributed by atoms with Crippen molar-refractivity contribution in [3.8, 4) is 0 Å². The van der Waals surface area contributed by atoms with Crippen molar-refractivity contribution >= 4 is 11.3 Å². The molecule has 0 aliphatic carbocycles. The molecule has 0 bridgehead atoms. The zero-order valence-electron chi connectivity index (χ0n) is 8.34. The van der Waals surface area contributed by atoms with Gasteiger partial charge in [-0.15, -0.1) is 11.3 Å². The lowest BCUT2D eigenvalue weighted by Crippen LogP contribution is -2.11. The molecule has 0 spiro atoms. The fourth-order valence-electron chi connectivity index (χ4n) is 1.79. The second-order valence-electron chi connectivity index (χ2n) is 4.04. The molecular weight excluding hydrogens is 178 g/mol. The van der Waals surface area contributed by atoms with Gasteiger partial charge in [-0.25, -0.2) is 0 Å². The highest BCUT2D eigenvalue weighted by Crippen LogP contribution is 2.32. The monoisotopic (exact) mass is 195 g/mol. The van der Waals surface area contributed by atoms with Crippen molar-refractivity contribution in [1.82, 2.24) is 5.32 Å². The first kappa shape index (κ1) is 9.22. The van der Waals surface area contributed by atoms with Crippen molar-refractivity contribution in [1.29, 1.82) is 0 Å². The summed E-state index contributed by atoms with van der Waals surface area (Å²) in [6, 6.07) is 5.23. The van der Waals surface area contributed by atoms with Crippen LogP contribution in [0.3, 0.4) is 0 Å². The van der Waals surface area contributed by atoms with Crippen LogP contribution in [-0.2, 0) is 0 Å². The minimum atomic E-state index is 0.650. The van der Waals surface area contributed by atoms with Crippen LogP contribution in [0.2, 0.25) is 0 Å². The number of nitrogens with one attached hydrogen (secondary N) is 1. The lowest BCUT2D eigenvalue weighted by molar-refractivity contribution is 0.660. The molecule has 1 aliphatic rings. The van der Waals surface area contributed by atoms with Crippen molar-refractivity contribution in [2.24, 2.45) is 0 Å². The van der Waals surface area contributed by atoms with E-state index in [4.69, 9.17) is 0 Å². The lowest BCUT2D eigenvalue weighted by atomic mass is 10.1. The Morgan fingerprint density at radius 2 is 2.31 bits per heavy atom. The molecule has 2 heterocycles. The van der Waals surface area contributed by atoms with E-state index in [2.05, 4.69) is 31.3 Å². The molecule has 13 heavy (non-hydrogen) atoms. The molecule has 1 atom stereocenters. The van der Waals surface area contributed by atoms with Crippen molar-refractivity contribution in [2.75, 3.05) is 6.54 Å². The molecule has 1 saturated heterocycles. The Bertz CT molecular complexity index is 271. The third kappa shape index (κ3) is 1.94. The Hall–Kier alpha value is -0.340. The van der Waals surface area contributed by atoms with Gasteiger partial charge in [-0.2, -0.15) is 0 Å². The van der Waals surface area contributed by atoms with Gasteiger partial charge in [0, 0.05) is 15.8 Å². The third-order valence-electron chi connectivity index (χ3n) is 2.62. The number of thiophene rings is 1. The van der Waals surface area contributed by atoms with Gasteiger partial charge >= 0.3 is 0 Å². The molecule has 1 aromatic rings. The summed E-state index contributed by atoms with van der Waals surface area (Å²) in [6.45, 7) is 5.72. The quantitative estimate of drug-likeness (QED) is 0.763. The van der Waals surface area contributed by atoms with Crippen LogP contribution >= 0.6 is 11.3 Å². The summed E-state index contributed by atoms with van der Waals surface area (Å²) in [4.78, 5) is 3.05. The fraction of sp³-hybridized carbons (Fsp3) is 0.636. The molecule has 1 unspecified atom stereocenters. The first-order valence-corrected chi connectivity index (χ1v) is 5.92. The minimum absolute atomic E-state index is 0.650. The smallest absolute Gasteiger partial charge is 0.0415 e. The zero-order valence-corrected chi connectivity index (χ0v) is 9.16. The first-order chi connectivity index (χ1) is 6.27. The van der Waals surface area contributed by atoms with E-state index >= 15 is 0 Å². The molecule has 2 heteroatoms. The van der Waals surface area contributed by atoms with Gasteiger partial charge in [0.15, 0.2) is 0 Å². The van der Waals surface area contributed by atoms with Crippen LogP contribution in [0.1, 0.15) is 48.4 Å². The van der Waals surface area contributed by atoms with Gasteiger partial charge in [-0.3, -0.25) is 0 Å². The molecule has 1 N–H and O–H groups in total. The highest BCUT2D eigenvalue weighted by Gasteiger charge is 2.18.